The summed E-state index contributed by atoms with van der Waals surface area (Å²) in [4.78, 5) is 23.2. The van der Waals surface area contributed by atoms with Crippen LogP contribution in [0.15, 0.2) is 30.3 Å². The molecule has 1 heterocycles. The van der Waals surface area contributed by atoms with Crippen LogP contribution in [0.25, 0.3) is 0 Å². The number of aromatic nitrogens is 1. The Morgan fingerprint density at radius 1 is 1.22 bits per heavy atom. The van der Waals surface area contributed by atoms with Gasteiger partial charge in [-0.15, -0.1) is 0 Å². The predicted octanol–water partition coefficient (Wildman–Crippen LogP) is 2.80. The summed E-state index contributed by atoms with van der Waals surface area (Å²) in [6, 6.07) is 8.68. The van der Waals surface area contributed by atoms with Crippen LogP contribution in [-0.4, -0.2) is 28.1 Å². The molecule has 0 saturated heterocycles. The van der Waals surface area contributed by atoms with E-state index in [1.807, 2.05) is 26.0 Å². The van der Waals surface area contributed by atoms with E-state index in [4.69, 9.17) is 5.11 Å². The Morgan fingerprint density at radius 3 is 2.57 bits per heavy atom. The number of rotatable bonds is 6. The minimum absolute atomic E-state index is 0.0906. The number of hydrogen-bond donors (Lipinski definition) is 2. The summed E-state index contributed by atoms with van der Waals surface area (Å²) in [5.74, 6) is -1.03. The van der Waals surface area contributed by atoms with E-state index in [1.54, 1.807) is 18.2 Å². The van der Waals surface area contributed by atoms with Gasteiger partial charge in [-0.05, 0) is 51.0 Å². The van der Waals surface area contributed by atoms with E-state index >= 15 is 0 Å². The molecule has 2 aromatic rings. The Bertz CT molecular complexity index is 732. The largest absolute Gasteiger partial charge is 0.478 e. The molecule has 0 aliphatic rings. The molecule has 0 fully saturated rings. The van der Waals surface area contributed by atoms with Gasteiger partial charge in [-0.25, -0.2) is 4.79 Å². The molecule has 0 radical (unpaired) electrons. The monoisotopic (exact) mass is 314 g/mol. The molecule has 2 N–H and O–H groups in total. The van der Waals surface area contributed by atoms with Gasteiger partial charge in [-0.3, -0.25) is 4.79 Å². The molecule has 0 saturated carbocycles. The fourth-order valence-electron chi connectivity index (χ4n) is 2.79. The third kappa shape index (κ3) is 3.80. The molecule has 5 nitrogen and oxygen atoms in total. The summed E-state index contributed by atoms with van der Waals surface area (Å²) in [7, 11) is 0. The average Bonchev–Trinajstić information content (AvgIpc) is 2.81. The maximum atomic E-state index is 12.3. The highest BCUT2D eigenvalue weighted by Gasteiger charge is 2.14. The summed E-state index contributed by atoms with van der Waals surface area (Å²) in [5, 5.41) is 11.9. The molecule has 0 bridgehead atoms. The molecule has 0 unspecified atom stereocenters. The minimum atomic E-state index is -0.942. The second-order valence-corrected chi connectivity index (χ2v) is 5.54. The van der Waals surface area contributed by atoms with Gasteiger partial charge in [0.05, 0.1) is 11.1 Å². The van der Waals surface area contributed by atoms with Crippen LogP contribution >= 0.6 is 0 Å². The van der Waals surface area contributed by atoms with E-state index in [0.717, 1.165) is 23.5 Å². The van der Waals surface area contributed by atoms with Crippen molar-refractivity contribution in [3.05, 3.63) is 58.4 Å². The molecule has 5 heteroatoms. The zero-order chi connectivity index (χ0) is 17.0. The van der Waals surface area contributed by atoms with Gasteiger partial charge in [0.15, 0.2) is 0 Å². The van der Waals surface area contributed by atoms with Crippen molar-refractivity contribution in [1.82, 2.24) is 9.88 Å². The van der Waals surface area contributed by atoms with Crippen molar-refractivity contribution in [2.45, 2.75) is 33.7 Å². The van der Waals surface area contributed by atoms with Crippen molar-refractivity contribution in [2.24, 2.45) is 0 Å². The number of aromatic carboxylic acids is 1. The van der Waals surface area contributed by atoms with Crippen molar-refractivity contribution in [2.75, 3.05) is 6.54 Å². The molecule has 1 amide bonds. The van der Waals surface area contributed by atoms with E-state index in [2.05, 4.69) is 16.8 Å². The number of carboxylic acids is 1. The SMILES string of the molecule is CCn1c(C)cc(C(=O)NCCc2cccc(C(=O)O)c2)c1C. The fourth-order valence-corrected chi connectivity index (χ4v) is 2.79. The lowest BCUT2D eigenvalue weighted by molar-refractivity contribution is 0.0696. The number of carbonyl (C=O) groups is 2. The Labute approximate surface area is 135 Å². The third-order valence-electron chi connectivity index (χ3n) is 4.01. The fraction of sp³-hybridized carbons (Fsp3) is 0.333. The van der Waals surface area contributed by atoms with Crippen LogP contribution in [0.1, 0.15) is 44.6 Å². The first-order chi connectivity index (χ1) is 10.9. The Balaban J connectivity index is 1.98. The Morgan fingerprint density at radius 2 is 1.96 bits per heavy atom. The summed E-state index contributed by atoms with van der Waals surface area (Å²) < 4.78 is 2.10. The van der Waals surface area contributed by atoms with Crippen molar-refractivity contribution in [1.29, 1.82) is 0 Å². The first-order valence-corrected chi connectivity index (χ1v) is 7.71. The summed E-state index contributed by atoms with van der Waals surface area (Å²) in [5.41, 5.74) is 3.90. The molecule has 0 spiro atoms. The Hall–Kier alpha value is -2.56. The normalized spacial score (nSPS) is 10.6. The maximum absolute atomic E-state index is 12.3. The zero-order valence-electron chi connectivity index (χ0n) is 13.7. The second-order valence-electron chi connectivity index (χ2n) is 5.54. The van der Waals surface area contributed by atoms with Crippen LogP contribution in [0, 0.1) is 13.8 Å². The highest BCUT2D eigenvalue weighted by molar-refractivity contribution is 5.95. The Kier molecular flexibility index (Phi) is 5.21. The van der Waals surface area contributed by atoms with Crippen molar-refractivity contribution in [3.63, 3.8) is 0 Å². The molecular weight excluding hydrogens is 292 g/mol. The lowest BCUT2D eigenvalue weighted by Gasteiger charge is -2.07. The van der Waals surface area contributed by atoms with E-state index < -0.39 is 5.97 Å². The van der Waals surface area contributed by atoms with Crippen molar-refractivity contribution < 1.29 is 14.7 Å². The summed E-state index contributed by atoms with van der Waals surface area (Å²) in [6.45, 7) is 7.30. The number of nitrogens with one attached hydrogen (secondary N) is 1. The molecule has 0 atom stereocenters. The lowest BCUT2D eigenvalue weighted by atomic mass is 10.1. The quantitative estimate of drug-likeness (QED) is 0.861. The number of carbonyl (C=O) groups excluding carboxylic acids is 1. The van der Waals surface area contributed by atoms with Crippen molar-refractivity contribution in [3.8, 4) is 0 Å². The molecule has 0 aliphatic carbocycles. The average molecular weight is 314 g/mol. The zero-order valence-corrected chi connectivity index (χ0v) is 13.7. The molecule has 1 aromatic carbocycles. The van der Waals surface area contributed by atoms with Gasteiger partial charge in [0.1, 0.15) is 0 Å². The van der Waals surface area contributed by atoms with Crippen LogP contribution in [0.4, 0.5) is 0 Å². The first-order valence-electron chi connectivity index (χ1n) is 7.71. The number of nitrogens with zero attached hydrogens (tertiary/aromatic N) is 1. The highest BCUT2D eigenvalue weighted by atomic mass is 16.4. The van der Waals surface area contributed by atoms with Gasteiger partial charge in [0, 0.05) is 24.5 Å². The van der Waals surface area contributed by atoms with Gasteiger partial charge >= 0.3 is 5.97 Å². The molecule has 1 aromatic heterocycles. The van der Waals surface area contributed by atoms with E-state index in [0.29, 0.717) is 18.5 Å². The van der Waals surface area contributed by atoms with Crippen LogP contribution in [-0.2, 0) is 13.0 Å². The van der Waals surface area contributed by atoms with Gasteiger partial charge in [-0.2, -0.15) is 0 Å². The standard InChI is InChI=1S/C18H22N2O3/c1-4-20-12(2)10-16(13(20)3)17(21)19-9-8-14-6-5-7-15(11-14)18(22)23/h5-7,10-11H,4,8-9H2,1-3H3,(H,19,21)(H,22,23). The number of aryl methyl sites for hydroxylation is 1. The minimum Gasteiger partial charge on any atom is -0.478 e. The smallest absolute Gasteiger partial charge is 0.335 e. The molecule has 2 rings (SSSR count). The van der Waals surface area contributed by atoms with Crippen LogP contribution in [0.3, 0.4) is 0 Å². The lowest BCUT2D eigenvalue weighted by Crippen LogP contribution is -2.26. The third-order valence-corrected chi connectivity index (χ3v) is 4.01. The van der Waals surface area contributed by atoms with E-state index in [1.165, 1.54) is 0 Å². The molecule has 0 aliphatic heterocycles. The molecule has 23 heavy (non-hydrogen) atoms. The predicted molar refractivity (Wildman–Crippen MR) is 89.0 cm³/mol. The van der Waals surface area contributed by atoms with E-state index in [9.17, 15) is 9.59 Å². The topological polar surface area (TPSA) is 71.3 Å². The summed E-state index contributed by atoms with van der Waals surface area (Å²) >= 11 is 0. The number of hydrogen-bond acceptors (Lipinski definition) is 2. The van der Waals surface area contributed by atoms with Gasteiger partial charge in [-0.1, -0.05) is 12.1 Å². The molecular formula is C18H22N2O3. The first kappa shape index (κ1) is 16.8. The maximum Gasteiger partial charge on any atom is 0.335 e. The van der Waals surface area contributed by atoms with Crippen LogP contribution in [0.2, 0.25) is 0 Å². The van der Waals surface area contributed by atoms with Gasteiger partial charge in [0.2, 0.25) is 0 Å². The van der Waals surface area contributed by atoms with Crippen LogP contribution < -0.4 is 5.32 Å². The van der Waals surface area contributed by atoms with Gasteiger partial charge in [0.25, 0.3) is 5.91 Å². The van der Waals surface area contributed by atoms with Gasteiger partial charge < -0.3 is 15.0 Å². The highest BCUT2D eigenvalue weighted by Crippen LogP contribution is 2.14. The number of amides is 1. The van der Waals surface area contributed by atoms with Crippen LogP contribution in [0.5, 0.6) is 0 Å². The summed E-state index contributed by atoms with van der Waals surface area (Å²) in [6.07, 6.45) is 0.597. The molecule has 122 valence electrons. The number of carboxylic acid groups (broad SMARTS) is 1. The van der Waals surface area contributed by atoms with Crippen molar-refractivity contribution >= 4 is 11.9 Å². The number of benzene rings is 1. The van der Waals surface area contributed by atoms with E-state index in [-0.39, 0.29) is 11.5 Å². The second kappa shape index (κ2) is 7.13.